The number of aryl methyl sites for hydroxylation is 2. The fourth-order valence-electron chi connectivity index (χ4n) is 4.30. The Morgan fingerprint density at radius 2 is 1.77 bits per heavy atom. The lowest BCUT2D eigenvalue weighted by molar-refractivity contribution is -0.384. The molecule has 0 spiro atoms. The van der Waals surface area contributed by atoms with E-state index >= 15 is 0 Å². The highest BCUT2D eigenvalue weighted by Gasteiger charge is 2.31. The van der Waals surface area contributed by atoms with Gasteiger partial charge in [-0.3, -0.25) is 19.7 Å². The number of nitro groups is 1. The molecule has 35 heavy (non-hydrogen) atoms. The minimum Gasteiger partial charge on any atom is -0.466 e. The van der Waals surface area contributed by atoms with Gasteiger partial charge in [0.1, 0.15) is 5.69 Å². The zero-order valence-corrected chi connectivity index (χ0v) is 20.1. The van der Waals surface area contributed by atoms with Crippen molar-refractivity contribution in [2.45, 2.75) is 33.6 Å². The standard InChI is InChI=1S/C26H28N4O5/c1-4-35-26(32)20-11-13-28(14-12-20)25(31)24-16-22(19-7-9-21(10-8-19)30(33)34)27-29(24)23-15-17(2)5-6-18(23)3/h5-10,15-16,20H,4,11-14H2,1-3H3. The van der Waals surface area contributed by atoms with Crippen LogP contribution in [-0.4, -0.2) is 51.2 Å². The number of hydrogen-bond donors (Lipinski definition) is 0. The molecular formula is C26H28N4O5. The van der Waals surface area contributed by atoms with E-state index < -0.39 is 4.92 Å². The number of rotatable bonds is 6. The second-order valence-corrected chi connectivity index (χ2v) is 8.74. The van der Waals surface area contributed by atoms with Crippen LogP contribution in [0.1, 0.15) is 41.4 Å². The SMILES string of the molecule is CCOC(=O)C1CCN(C(=O)c2cc(-c3ccc([N+](=O)[O-])cc3)nn2-c2cc(C)ccc2C)CC1. The molecule has 1 saturated heterocycles. The molecule has 2 heterocycles. The second-order valence-electron chi connectivity index (χ2n) is 8.74. The lowest BCUT2D eigenvalue weighted by Gasteiger charge is -2.31. The monoisotopic (exact) mass is 476 g/mol. The summed E-state index contributed by atoms with van der Waals surface area (Å²) in [6.45, 7) is 6.97. The predicted octanol–water partition coefficient (Wildman–Crippen LogP) is 4.48. The maximum absolute atomic E-state index is 13.6. The Balaban J connectivity index is 1.68. The van der Waals surface area contributed by atoms with Gasteiger partial charge in [0.2, 0.25) is 0 Å². The largest absolute Gasteiger partial charge is 0.466 e. The summed E-state index contributed by atoms with van der Waals surface area (Å²) in [5, 5.41) is 15.8. The number of aromatic nitrogens is 2. The normalized spacial score (nSPS) is 14.1. The number of hydrogen-bond acceptors (Lipinski definition) is 6. The zero-order chi connectivity index (χ0) is 25.1. The van der Waals surface area contributed by atoms with Crippen LogP contribution in [0, 0.1) is 29.9 Å². The van der Waals surface area contributed by atoms with Crippen molar-refractivity contribution in [2.24, 2.45) is 5.92 Å². The van der Waals surface area contributed by atoms with Gasteiger partial charge in [0.05, 0.1) is 28.8 Å². The van der Waals surface area contributed by atoms with Gasteiger partial charge in [0.25, 0.3) is 11.6 Å². The summed E-state index contributed by atoms with van der Waals surface area (Å²) in [5.41, 5.74) is 4.41. The average molecular weight is 477 g/mol. The molecule has 1 aliphatic heterocycles. The van der Waals surface area contributed by atoms with Crippen molar-refractivity contribution in [3.05, 3.63) is 75.5 Å². The van der Waals surface area contributed by atoms with Crippen LogP contribution in [0.3, 0.4) is 0 Å². The van der Waals surface area contributed by atoms with Crippen LogP contribution < -0.4 is 0 Å². The highest BCUT2D eigenvalue weighted by atomic mass is 16.6. The molecule has 182 valence electrons. The number of nitrogens with zero attached hydrogens (tertiary/aromatic N) is 4. The van der Waals surface area contributed by atoms with E-state index in [0.29, 0.717) is 49.5 Å². The molecule has 1 fully saturated rings. The van der Waals surface area contributed by atoms with Gasteiger partial charge in [-0.1, -0.05) is 12.1 Å². The molecule has 0 unspecified atom stereocenters. The van der Waals surface area contributed by atoms with Crippen LogP contribution >= 0.6 is 0 Å². The summed E-state index contributed by atoms with van der Waals surface area (Å²) in [4.78, 5) is 38.1. The number of carbonyl (C=O) groups excluding carboxylic acids is 2. The van der Waals surface area contributed by atoms with Gasteiger partial charge in [-0.2, -0.15) is 5.10 Å². The van der Waals surface area contributed by atoms with E-state index in [-0.39, 0.29) is 23.5 Å². The van der Waals surface area contributed by atoms with Gasteiger partial charge in [-0.25, -0.2) is 4.68 Å². The molecule has 1 aromatic heterocycles. The Hall–Kier alpha value is -4.01. The van der Waals surface area contributed by atoms with Crippen LogP contribution in [0.15, 0.2) is 48.5 Å². The third-order valence-corrected chi connectivity index (χ3v) is 6.30. The van der Waals surface area contributed by atoms with Gasteiger partial charge in [0, 0.05) is 30.8 Å². The molecule has 2 aromatic carbocycles. The fraction of sp³-hybridized carbons (Fsp3) is 0.346. The highest BCUT2D eigenvalue weighted by molar-refractivity contribution is 5.94. The molecule has 0 atom stereocenters. The van der Waals surface area contributed by atoms with E-state index in [0.717, 1.165) is 16.8 Å². The Morgan fingerprint density at radius 1 is 1.09 bits per heavy atom. The number of carbonyl (C=O) groups is 2. The molecule has 0 saturated carbocycles. The Bertz CT molecular complexity index is 1260. The van der Waals surface area contributed by atoms with E-state index in [1.165, 1.54) is 12.1 Å². The van der Waals surface area contributed by atoms with Crippen molar-refractivity contribution in [3.63, 3.8) is 0 Å². The van der Waals surface area contributed by atoms with Crippen molar-refractivity contribution in [3.8, 4) is 16.9 Å². The summed E-state index contributed by atoms with van der Waals surface area (Å²) in [6, 6.07) is 13.8. The smallest absolute Gasteiger partial charge is 0.309 e. The minimum absolute atomic E-state index is 0.0107. The fourth-order valence-corrected chi connectivity index (χ4v) is 4.30. The molecular weight excluding hydrogens is 448 g/mol. The molecule has 9 nitrogen and oxygen atoms in total. The first-order valence-corrected chi connectivity index (χ1v) is 11.7. The summed E-state index contributed by atoms with van der Waals surface area (Å²) < 4.78 is 6.79. The maximum Gasteiger partial charge on any atom is 0.309 e. The summed E-state index contributed by atoms with van der Waals surface area (Å²) in [5.74, 6) is -0.576. The number of benzene rings is 2. The second kappa shape index (κ2) is 10.1. The van der Waals surface area contributed by atoms with Gasteiger partial charge in [-0.15, -0.1) is 0 Å². The first-order valence-electron chi connectivity index (χ1n) is 11.7. The Labute approximate surface area is 203 Å². The topological polar surface area (TPSA) is 108 Å². The molecule has 0 bridgehead atoms. The van der Waals surface area contributed by atoms with Crippen LogP contribution in [0.5, 0.6) is 0 Å². The van der Waals surface area contributed by atoms with Crippen molar-refractivity contribution >= 4 is 17.6 Å². The third-order valence-electron chi connectivity index (χ3n) is 6.30. The molecule has 0 aliphatic carbocycles. The first kappa shape index (κ1) is 24.1. The lowest BCUT2D eigenvalue weighted by Crippen LogP contribution is -2.41. The van der Waals surface area contributed by atoms with Crippen molar-refractivity contribution < 1.29 is 19.2 Å². The van der Waals surface area contributed by atoms with Crippen LogP contribution in [0.2, 0.25) is 0 Å². The number of nitro benzene ring substituents is 1. The average Bonchev–Trinajstić information content (AvgIpc) is 3.30. The molecule has 4 rings (SSSR count). The van der Waals surface area contributed by atoms with Crippen molar-refractivity contribution in [1.29, 1.82) is 0 Å². The number of piperidine rings is 1. The number of ether oxygens (including phenoxy) is 1. The number of esters is 1. The minimum atomic E-state index is -0.451. The lowest BCUT2D eigenvalue weighted by atomic mass is 9.97. The van der Waals surface area contributed by atoms with Crippen molar-refractivity contribution in [1.82, 2.24) is 14.7 Å². The molecule has 0 radical (unpaired) electrons. The Morgan fingerprint density at radius 3 is 2.40 bits per heavy atom. The van der Waals surface area contributed by atoms with E-state index in [1.54, 1.807) is 34.7 Å². The van der Waals surface area contributed by atoms with Gasteiger partial charge in [0.15, 0.2) is 0 Å². The Kier molecular flexibility index (Phi) is 6.95. The number of non-ortho nitro benzene ring substituents is 1. The van der Waals surface area contributed by atoms with Crippen LogP contribution in [0.25, 0.3) is 16.9 Å². The van der Waals surface area contributed by atoms with Gasteiger partial charge in [-0.05, 0) is 69.0 Å². The molecule has 1 amide bonds. The summed E-state index contributed by atoms with van der Waals surface area (Å²) in [6.07, 6.45) is 1.11. The molecule has 0 N–H and O–H groups in total. The van der Waals surface area contributed by atoms with Gasteiger partial charge >= 0.3 is 5.97 Å². The van der Waals surface area contributed by atoms with E-state index in [9.17, 15) is 19.7 Å². The van der Waals surface area contributed by atoms with E-state index in [2.05, 4.69) is 0 Å². The molecule has 1 aliphatic rings. The van der Waals surface area contributed by atoms with E-state index in [1.807, 2.05) is 32.0 Å². The molecule has 9 heteroatoms. The van der Waals surface area contributed by atoms with Gasteiger partial charge < -0.3 is 9.64 Å². The van der Waals surface area contributed by atoms with Crippen LogP contribution in [0.4, 0.5) is 5.69 Å². The summed E-state index contributed by atoms with van der Waals surface area (Å²) >= 11 is 0. The van der Waals surface area contributed by atoms with E-state index in [4.69, 9.17) is 9.84 Å². The number of likely N-dealkylation sites (tertiary alicyclic amines) is 1. The highest BCUT2D eigenvalue weighted by Crippen LogP contribution is 2.28. The summed E-state index contributed by atoms with van der Waals surface area (Å²) in [7, 11) is 0. The quantitative estimate of drug-likeness (QED) is 0.295. The maximum atomic E-state index is 13.6. The van der Waals surface area contributed by atoms with Crippen molar-refractivity contribution in [2.75, 3.05) is 19.7 Å². The first-order chi connectivity index (χ1) is 16.8. The predicted molar refractivity (Wildman–Crippen MR) is 130 cm³/mol. The molecule has 3 aromatic rings. The van der Waals surface area contributed by atoms with Crippen LogP contribution in [-0.2, 0) is 9.53 Å². The number of amides is 1. The third kappa shape index (κ3) is 5.08. The zero-order valence-electron chi connectivity index (χ0n) is 20.1.